The second kappa shape index (κ2) is 5.41. The van der Waals surface area contributed by atoms with E-state index in [1.807, 2.05) is 11.8 Å². The topological polar surface area (TPSA) is 32.3 Å². The van der Waals surface area contributed by atoms with E-state index in [1.165, 1.54) is 0 Å². The Morgan fingerprint density at radius 1 is 1.56 bits per heavy atom. The highest BCUT2D eigenvalue weighted by atomic mass is 32.2. The monoisotopic (exact) mass is 244 g/mol. The van der Waals surface area contributed by atoms with Crippen molar-refractivity contribution in [2.45, 2.75) is 58.3 Å². The molecule has 0 aromatic rings. The minimum Gasteiger partial charge on any atom is -0.322 e. The number of amides is 1. The van der Waals surface area contributed by atoms with E-state index in [0.29, 0.717) is 6.04 Å². The maximum atomic E-state index is 12.4. The van der Waals surface area contributed by atoms with Crippen molar-refractivity contribution in [1.82, 2.24) is 10.2 Å². The first-order valence-corrected chi connectivity index (χ1v) is 7.49. The van der Waals surface area contributed by atoms with Crippen LogP contribution in [0, 0.1) is 0 Å². The zero-order valence-corrected chi connectivity index (χ0v) is 11.9. The van der Waals surface area contributed by atoms with Crippen LogP contribution in [0.1, 0.15) is 40.5 Å². The minimum atomic E-state index is -0.354. The predicted molar refractivity (Wildman–Crippen MR) is 70.6 cm³/mol. The first-order valence-electron chi connectivity index (χ1n) is 6.09. The molecular formula is C12H24N2OS. The molecule has 0 saturated carbocycles. The number of hydrogen-bond donors (Lipinski definition) is 1. The highest BCUT2D eigenvalue weighted by Crippen LogP contribution is 2.27. The third kappa shape index (κ3) is 2.38. The molecule has 0 aliphatic carbocycles. The lowest BCUT2D eigenvalue weighted by Gasteiger charge is -2.29. The van der Waals surface area contributed by atoms with E-state index in [4.69, 9.17) is 0 Å². The van der Waals surface area contributed by atoms with Gasteiger partial charge in [-0.3, -0.25) is 10.1 Å². The van der Waals surface area contributed by atoms with E-state index >= 15 is 0 Å². The summed E-state index contributed by atoms with van der Waals surface area (Å²) in [6.45, 7) is 8.36. The normalized spacial score (nSPS) is 32.2. The molecule has 0 aromatic heterocycles. The van der Waals surface area contributed by atoms with Crippen LogP contribution in [0.15, 0.2) is 0 Å². The van der Waals surface area contributed by atoms with E-state index in [2.05, 4.69) is 32.3 Å². The van der Waals surface area contributed by atoms with Gasteiger partial charge in [0.2, 0.25) is 5.91 Å². The second-order valence-corrected chi connectivity index (χ2v) is 5.68. The SMILES string of the molecule is CCC1NC(C)(CC)C(=O)N1C(C)CSC. The number of carbonyl (C=O) groups is 1. The van der Waals surface area contributed by atoms with Crippen molar-refractivity contribution in [3.63, 3.8) is 0 Å². The zero-order chi connectivity index (χ0) is 12.3. The Kier molecular flexibility index (Phi) is 4.68. The van der Waals surface area contributed by atoms with Crippen molar-refractivity contribution in [2.24, 2.45) is 0 Å². The van der Waals surface area contributed by atoms with Gasteiger partial charge in [0.1, 0.15) is 0 Å². The fourth-order valence-electron chi connectivity index (χ4n) is 2.31. The molecule has 1 amide bonds. The molecule has 1 aliphatic rings. The lowest BCUT2D eigenvalue weighted by molar-refractivity contribution is -0.134. The summed E-state index contributed by atoms with van der Waals surface area (Å²) in [5, 5.41) is 3.47. The summed E-state index contributed by atoms with van der Waals surface area (Å²) < 4.78 is 0. The Hall–Kier alpha value is -0.220. The first-order chi connectivity index (χ1) is 7.50. The van der Waals surface area contributed by atoms with Gasteiger partial charge in [0.15, 0.2) is 0 Å². The van der Waals surface area contributed by atoms with Gasteiger partial charge in [0, 0.05) is 11.8 Å². The summed E-state index contributed by atoms with van der Waals surface area (Å²) in [6, 6.07) is 0.313. The maximum absolute atomic E-state index is 12.4. The van der Waals surface area contributed by atoms with Crippen LogP contribution >= 0.6 is 11.8 Å². The molecule has 1 N–H and O–H groups in total. The highest BCUT2D eigenvalue weighted by Gasteiger charge is 2.47. The summed E-state index contributed by atoms with van der Waals surface area (Å²) in [6.07, 6.45) is 4.12. The smallest absolute Gasteiger partial charge is 0.244 e. The Balaban J connectivity index is 2.85. The van der Waals surface area contributed by atoms with Crippen molar-refractivity contribution < 1.29 is 4.79 Å². The van der Waals surface area contributed by atoms with Gasteiger partial charge in [-0.05, 0) is 32.9 Å². The molecule has 1 rings (SSSR count). The van der Waals surface area contributed by atoms with Crippen LogP contribution in [0.2, 0.25) is 0 Å². The quantitative estimate of drug-likeness (QED) is 0.803. The van der Waals surface area contributed by atoms with Gasteiger partial charge in [0.25, 0.3) is 0 Å². The average molecular weight is 244 g/mol. The summed E-state index contributed by atoms with van der Waals surface area (Å²) in [4.78, 5) is 14.4. The molecule has 3 nitrogen and oxygen atoms in total. The number of rotatable bonds is 5. The minimum absolute atomic E-state index is 0.208. The summed E-state index contributed by atoms with van der Waals surface area (Å²) in [7, 11) is 0. The van der Waals surface area contributed by atoms with Crippen LogP contribution < -0.4 is 5.32 Å². The Labute approximate surface area is 103 Å². The molecule has 1 fully saturated rings. The fraction of sp³-hybridized carbons (Fsp3) is 0.917. The number of nitrogens with one attached hydrogen (secondary N) is 1. The average Bonchev–Trinajstić information content (AvgIpc) is 2.52. The van der Waals surface area contributed by atoms with Crippen LogP contribution in [0.4, 0.5) is 0 Å². The predicted octanol–water partition coefficient (Wildman–Crippen LogP) is 2.07. The van der Waals surface area contributed by atoms with Crippen molar-refractivity contribution >= 4 is 17.7 Å². The second-order valence-electron chi connectivity index (χ2n) is 4.77. The van der Waals surface area contributed by atoms with Gasteiger partial charge in [-0.2, -0.15) is 11.8 Å². The Bertz CT molecular complexity index is 259. The van der Waals surface area contributed by atoms with Crippen LogP contribution in [-0.2, 0) is 4.79 Å². The maximum Gasteiger partial charge on any atom is 0.244 e. The summed E-state index contributed by atoms with van der Waals surface area (Å²) in [5.74, 6) is 1.27. The molecular weight excluding hydrogens is 220 g/mol. The molecule has 94 valence electrons. The summed E-state index contributed by atoms with van der Waals surface area (Å²) in [5.41, 5.74) is -0.354. The van der Waals surface area contributed by atoms with Crippen LogP contribution in [0.3, 0.4) is 0 Å². The number of carbonyl (C=O) groups excluding carboxylic acids is 1. The third-order valence-corrected chi connectivity index (χ3v) is 4.32. The van der Waals surface area contributed by atoms with Crippen molar-refractivity contribution in [3.8, 4) is 0 Å². The van der Waals surface area contributed by atoms with Gasteiger partial charge < -0.3 is 4.90 Å². The molecule has 4 heteroatoms. The van der Waals surface area contributed by atoms with Crippen molar-refractivity contribution in [1.29, 1.82) is 0 Å². The van der Waals surface area contributed by atoms with E-state index in [9.17, 15) is 4.79 Å². The largest absolute Gasteiger partial charge is 0.322 e. The van der Waals surface area contributed by atoms with Gasteiger partial charge in [0.05, 0.1) is 11.7 Å². The lowest BCUT2D eigenvalue weighted by Crippen LogP contribution is -2.45. The number of nitrogens with zero attached hydrogens (tertiary/aromatic N) is 1. The van der Waals surface area contributed by atoms with E-state index in [1.54, 1.807) is 11.8 Å². The number of thioether (sulfide) groups is 1. The van der Waals surface area contributed by atoms with Crippen LogP contribution in [0.25, 0.3) is 0 Å². The van der Waals surface area contributed by atoms with E-state index in [-0.39, 0.29) is 17.6 Å². The standard InChI is InChI=1S/C12H24N2OS/c1-6-10-13-12(4,7-2)11(15)14(10)9(3)8-16-5/h9-10,13H,6-8H2,1-5H3. The fourth-order valence-corrected chi connectivity index (χ4v) is 2.95. The van der Waals surface area contributed by atoms with Gasteiger partial charge in [-0.15, -0.1) is 0 Å². The van der Waals surface area contributed by atoms with Crippen molar-refractivity contribution in [3.05, 3.63) is 0 Å². The molecule has 1 saturated heterocycles. The molecule has 1 aliphatic heterocycles. The Morgan fingerprint density at radius 3 is 2.62 bits per heavy atom. The molecule has 1 heterocycles. The molecule has 0 spiro atoms. The highest BCUT2D eigenvalue weighted by molar-refractivity contribution is 7.98. The van der Waals surface area contributed by atoms with Crippen LogP contribution in [0.5, 0.6) is 0 Å². The lowest BCUT2D eigenvalue weighted by atomic mass is 9.99. The van der Waals surface area contributed by atoms with Crippen molar-refractivity contribution in [2.75, 3.05) is 12.0 Å². The van der Waals surface area contributed by atoms with Gasteiger partial charge >= 0.3 is 0 Å². The molecule has 0 aromatic carbocycles. The van der Waals surface area contributed by atoms with Crippen LogP contribution in [-0.4, -0.2) is 40.6 Å². The third-order valence-electron chi connectivity index (χ3n) is 3.50. The first kappa shape index (κ1) is 13.8. The summed E-state index contributed by atoms with van der Waals surface area (Å²) >= 11 is 1.80. The molecule has 16 heavy (non-hydrogen) atoms. The zero-order valence-electron chi connectivity index (χ0n) is 11.0. The molecule has 0 bridgehead atoms. The van der Waals surface area contributed by atoms with E-state index in [0.717, 1.165) is 18.6 Å². The van der Waals surface area contributed by atoms with Gasteiger partial charge in [-0.25, -0.2) is 0 Å². The molecule has 3 atom stereocenters. The molecule has 0 radical (unpaired) electrons. The van der Waals surface area contributed by atoms with Gasteiger partial charge in [-0.1, -0.05) is 13.8 Å². The van der Waals surface area contributed by atoms with E-state index < -0.39 is 0 Å². The Morgan fingerprint density at radius 2 is 2.19 bits per heavy atom. The molecule has 3 unspecified atom stereocenters. The number of hydrogen-bond acceptors (Lipinski definition) is 3.